The van der Waals surface area contributed by atoms with Gasteiger partial charge in [-0.1, -0.05) is 48.0 Å². The average Bonchev–Trinajstić information content (AvgIpc) is 1.83. The first-order valence-electron chi connectivity index (χ1n) is 5.16. The number of rotatable bonds is 5. The largest absolute Gasteiger partial charge is 0.0628 e. The first-order chi connectivity index (χ1) is 5.37. The van der Waals surface area contributed by atoms with Crippen molar-refractivity contribution >= 4 is 0 Å². The highest BCUT2D eigenvalue weighted by atomic mass is 14.3. The van der Waals surface area contributed by atoms with Crippen LogP contribution in [0.4, 0.5) is 0 Å². The molecule has 12 heavy (non-hydrogen) atoms. The second-order valence-corrected chi connectivity index (χ2v) is 5.36. The van der Waals surface area contributed by atoms with Crippen molar-refractivity contribution in [3.8, 4) is 0 Å². The van der Waals surface area contributed by atoms with E-state index in [9.17, 15) is 0 Å². The van der Waals surface area contributed by atoms with E-state index in [0.717, 1.165) is 18.3 Å². The quantitative estimate of drug-likeness (QED) is 0.575. The van der Waals surface area contributed by atoms with Crippen LogP contribution >= 0.6 is 0 Å². The van der Waals surface area contributed by atoms with Gasteiger partial charge in [-0.15, -0.1) is 0 Å². The topological polar surface area (TPSA) is 0 Å². The van der Waals surface area contributed by atoms with Crippen molar-refractivity contribution in [2.45, 2.75) is 53.9 Å². The summed E-state index contributed by atoms with van der Waals surface area (Å²) < 4.78 is 0. The molecule has 0 saturated carbocycles. The van der Waals surface area contributed by atoms with Crippen LogP contribution in [-0.2, 0) is 0 Å². The Balaban J connectivity index is 3.85. The van der Waals surface area contributed by atoms with Crippen molar-refractivity contribution in [1.29, 1.82) is 0 Å². The minimum absolute atomic E-state index is 0.505. The van der Waals surface area contributed by atoms with Crippen LogP contribution in [0.2, 0.25) is 0 Å². The van der Waals surface area contributed by atoms with Gasteiger partial charge in [-0.25, -0.2) is 0 Å². The van der Waals surface area contributed by atoms with Crippen molar-refractivity contribution < 1.29 is 0 Å². The third kappa shape index (κ3) is 5.62. The smallest absolute Gasteiger partial charge is 0.0349 e. The second-order valence-electron chi connectivity index (χ2n) is 5.36. The molecule has 0 N–H and O–H groups in total. The molecule has 0 amide bonds. The van der Waals surface area contributed by atoms with Crippen LogP contribution in [0.15, 0.2) is 0 Å². The molecule has 0 heterocycles. The van der Waals surface area contributed by atoms with E-state index in [1.165, 1.54) is 12.8 Å². The van der Waals surface area contributed by atoms with E-state index in [1.54, 1.807) is 0 Å². The SMILES string of the molecule is [CH2]CC(C)CC(C)(C)CC(C)C. The first kappa shape index (κ1) is 12.0. The molecule has 1 radical (unpaired) electrons. The minimum atomic E-state index is 0.505. The molecule has 0 spiro atoms. The molecule has 0 aliphatic rings. The zero-order chi connectivity index (χ0) is 9.78. The summed E-state index contributed by atoms with van der Waals surface area (Å²) in [5, 5.41) is 0. The minimum Gasteiger partial charge on any atom is -0.0628 e. The molecule has 0 aliphatic heterocycles. The van der Waals surface area contributed by atoms with E-state index in [2.05, 4.69) is 41.5 Å². The van der Waals surface area contributed by atoms with Crippen LogP contribution in [-0.4, -0.2) is 0 Å². The van der Waals surface area contributed by atoms with E-state index < -0.39 is 0 Å². The zero-order valence-electron chi connectivity index (χ0n) is 9.48. The van der Waals surface area contributed by atoms with Gasteiger partial charge in [-0.05, 0) is 30.1 Å². The molecule has 0 heteroatoms. The maximum atomic E-state index is 3.95. The van der Waals surface area contributed by atoms with E-state index in [-0.39, 0.29) is 0 Å². The highest BCUT2D eigenvalue weighted by Crippen LogP contribution is 2.33. The molecule has 0 aliphatic carbocycles. The highest BCUT2D eigenvalue weighted by Gasteiger charge is 2.21. The molecule has 0 aromatic rings. The molecule has 0 saturated heterocycles. The summed E-state index contributed by atoms with van der Waals surface area (Å²) in [6, 6.07) is 0. The van der Waals surface area contributed by atoms with Crippen molar-refractivity contribution in [3.63, 3.8) is 0 Å². The molecular formula is C12H25. The summed E-state index contributed by atoms with van der Waals surface area (Å²) >= 11 is 0. The van der Waals surface area contributed by atoms with E-state index in [0.29, 0.717) is 5.41 Å². The Morgan fingerprint density at radius 1 is 1.08 bits per heavy atom. The molecule has 0 nitrogen and oxygen atoms in total. The van der Waals surface area contributed by atoms with Gasteiger partial charge < -0.3 is 0 Å². The summed E-state index contributed by atoms with van der Waals surface area (Å²) in [7, 11) is 0. The van der Waals surface area contributed by atoms with Gasteiger partial charge in [0.05, 0.1) is 0 Å². The fraction of sp³-hybridized carbons (Fsp3) is 0.917. The Bertz CT molecular complexity index is 111. The molecular weight excluding hydrogens is 144 g/mol. The summed E-state index contributed by atoms with van der Waals surface area (Å²) in [4.78, 5) is 0. The van der Waals surface area contributed by atoms with Gasteiger partial charge in [0, 0.05) is 0 Å². The average molecular weight is 169 g/mol. The fourth-order valence-electron chi connectivity index (χ4n) is 2.23. The van der Waals surface area contributed by atoms with Gasteiger partial charge in [0.15, 0.2) is 0 Å². The first-order valence-corrected chi connectivity index (χ1v) is 5.16. The van der Waals surface area contributed by atoms with Crippen molar-refractivity contribution in [2.75, 3.05) is 0 Å². The third-order valence-electron chi connectivity index (χ3n) is 2.35. The van der Waals surface area contributed by atoms with Crippen LogP contribution in [0.5, 0.6) is 0 Å². The maximum Gasteiger partial charge on any atom is -0.0349 e. The zero-order valence-corrected chi connectivity index (χ0v) is 9.48. The Labute approximate surface area is 78.8 Å². The van der Waals surface area contributed by atoms with Gasteiger partial charge in [-0.3, -0.25) is 0 Å². The lowest BCUT2D eigenvalue weighted by molar-refractivity contribution is 0.227. The van der Waals surface area contributed by atoms with Gasteiger partial charge in [0.1, 0.15) is 0 Å². The molecule has 1 unspecified atom stereocenters. The summed E-state index contributed by atoms with van der Waals surface area (Å²) in [6.45, 7) is 15.6. The Kier molecular flexibility index (Phi) is 4.89. The lowest BCUT2D eigenvalue weighted by Crippen LogP contribution is -2.17. The summed E-state index contributed by atoms with van der Waals surface area (Å²) in [5.74, 6) is 1.59. The Morgan fingerprint density at radius 3 is 1.92 bits per heavy atom. The van der Waals surface area contributed by atoms with Crippen molar-refractivity contribution in [3.05, 3.63) is 6.92 Å². The van der Waals surface area contributed by atoms with Gasteiger partial charge in [0.25, 0.3) is 0 Å². The standard InChI is InChI=1S/C12H25/c1-7-11(4)9-12(5,6)8-10(2)3/h10-11H,1,7-9H2,2-6H3. The fourth-order valence-corrected chi connectivity index (χ4v) is 2.23. The maximum absolute atomic E-state index is 3.95. The Morgan fingerprint density at radius 2 is 1.58 bits per heavy atom. The van der Waals surface area contributed by atoms with Crippen molar-refractivity contribution in [1.82, 2.24) is 0 Å². The molecule has 0 aromatic carbocycles. The lowest BCUT2D eigenvalue weighted by atomic mass is 9.77. The van der Waals surface area contributed by atoms with Gasteiger partial charge >= 0.3 is 0 Å². The summed E-state index contributed by atoms with van der Waals surface area (Å²) in [6.07, 6.45) is 3.72. The summed E-state index contributed by atoms with van der Waals surface area (Å²) in [5.41, 5.74) is 0.505. The molecule has 0 bridgehead atoms. The normalized spacial score (nSPS) is 15.2. The molecule has 0 rings (SSSR count). The van der Waals surface area contributed by atoms with Crippen LogP contribution < -0.4 is 0 Å². The highest BCUT2D eigenvalue weighted by molar-refractivity contribution is 4.73. The monoisotopic (exact) mass is 169 g/mol. The van der Waals surface area contributed by atoms with Gasteiger partial charge in [0.2, 0.25) is 0 Å². The predicted octanol–water partition coefficient (Wildman–Crippen LogP) is 4.31. The number of hydrogen-bond donors (Lipinski definition) is 0. The number of hydrogen-bond acceptors (Lipinski definition) is 0. The molecule has 73 valence electrons. The van der Waals surface area contributed by atoms with Crippen LogP contribution in [0.25, 0.3) is 0 Å². The lowest BCUT2D eigenvalue weighted by Gasteiger charge is -2.29. The predicted molar refractivity (Wildman–Crippen MR) is 57.0 cm³/mol. The van der Waals surface area contributed by atoms with Crippen LogP contribution in [0.3, 0.4) is 0 Å². The van der Waals surface area contributed by atoms with Gasteiger partial charge in [-0.2, -0.15) is 0 Å². The van der Waals surface area contributed by atoms with E-state index in [1.807, 2.05) is 0 Å². The van der Waals surface area contributed by atoms with Crippen LogP contribution in [0, 0.1) is 24.2 Å². The Hall–Kier alpha value is 0. The second kappa shape index (κ2) is 4.89. The molecule has 0 fully saturated rings. The third-order valence-corrected chi connectivity index (χ3v) is 2.35. The van der Waals surface area contributed by atoms with E-state index >= 15 is 0 Å². The van der Waals surface area contributed by atoms with Crippen molar-refractivity contribution in [2.24, 2.45) is 17.3 Å². The van der Waals surface area contributed by atoms with Crippen LogP contribution in [0.1, 0.15) is 53.9 Å². The van der Waals surface area contributed by atoms with E-state index in [4.69, 9.17) is 0 Å². The molecule has 1 atom stereocenters. The molecule has 0 aromatic heterocycles.